The predicted octanol–water partition coefficient (Wildman–Crippen LogP) is 0.983. The molecule has 1 aromatic rings. The van der Waals surface area contributed by atoms with Crippen LogP contribution in [-0.4, -0.2) is 55.4 Å². The number of nitriles is 1. The first kappa shape index (κ1) is 15.8. The van der Waals surface area contributed by atoms with Gasteiger partial charge < -0.3 is 15.2 Å². The minimum absolute atomic E-state index is 0.170. The van der Waals surface area contributed by atoms with E-state index < -0.39 is 0 Å². The summed E-state index contributed by atoms with van der Waals surface area (Å²) in [6.45, 7) is 4.27. The third kappa shape index (κ3) is 5.35. The van der Waals surface area contributed by atoms with Gasteiger partial charge in [-0.15, -0.1) is 0 Å². The zero-order valence-corrected chi connectivity index (χ0v) is 12.3. The Labute approximate surface area is 126 Å². The van der Waals surface area contributed by atoms with Crippen LogP contribution in [-0.2, 0) is 0 Å². The van der Waals surface area contributed by atoms with E-state index in [-0.39, 0.29) is 6.61 Å². The summed E-state index contributed by atoms with van der Waals surface area (Å²) in [4.78, 5) is 2.23. The lowest BCUT2D eigenvalue weighted by Crippen LogP contribution is -2.40. The first-order valence-electron chi connectivity index (χ1n) is 7.51. The van der Waals surface area contributed by atoms with Gasteiger partial charge in [0.05, 0.1) is 18.2 Å². The molecule has 2 N–H and O–H groups in total. The van der Waals surface area contributed by atoms with Crippen LogP contribution in [0.5, 0.6) is 5.75 Å². The summed E-state index contributed by atoms with van der Waals surface area (Å²) >= 11 is 0. The van der Waals surface area contributed by atoms with E-state index >= 15 is 0 Å². The van der Waals surface area contributed by atoms with E-state index in [4.69, 9.17) is 15.1 Å². The molecule has 1 saturated heterocycles. The Bertz CT molecular complexity index is 450. The van der Waals surface area contributed by atoms with Crippen molar-refractivity contribution in [2.75, 3.05) is 39.4 Å². The second kappa shape index (κ2) is 8.63. The van der Waals surface area contributed by atoms with Crippen molar-refractivity contribution in [2.45, 2.75) is 18.9 Å². The SMILES string of the molecule is N#Cc1ccc(OCCN(CCO)CC2CCCN2)cc1. The summed E-state index contributed by atoms with van der Waals surface area (Å²) in [5.74, 6) is 0.775. The monoisotopic (exact) mass is 289 g/mol. The third-order valence-electron chi connectivity index (χ3n) is 3.72. The number of hydrogen-bond donors (Lipinski definition) is 2. The number of benzene rings is 1. The fourth-order valence-corrected chi connectivity index (χ4v) is 2.58. The van der Waals surface area contributed by atoms with E-state index in [1.54, 1.807) is 12.1 Å². The average Bonchev–Trinajstić information content (AvgIpc) is 3.01. The zero-order chi connectivity index (χ0) is 14.9. The van der Waals surface area contributed by atoms with E-state index in [2.05, 4.69) is 16.3 Å². The van der Waals surface area contributed by atoms with E-state index in [1.807, 2.05) is 12.1 Å². The molecule has 0 spiro atoms. The van der Waals surface area contributed by atoms with Gasteiger partial charge in [0.2, 0.25) is 0 Å². The van der Waals surface area contributed by atoms with Gasteiger partial charge in [0.15, 0.2) is 0 Å². The molecule has 0 aromatic heterocycles. The molecule has 0 radical (unpaired) electrons. The Morgan fingerprint density at radius 2 is 2.14 bits per heavy atom. The van der Waals surface area contributed by atoms with Crippen LogP contribution in [0.2, 0.25) is 0 Å². The Hall–Kier alpha value is -1.61. The Morgan fingerprint density at radius 3 is 2.76 bits per heavy atom. The fraction of sp³-hybridized carbons (Fsp3) is 0.562. The highest BCUT2D eigenvalue weighted by Gasteiger charge is 2.17. The van der Waals surface area contributed by atoms with Crippen LogP contribution in [0.15, 0.2) is 24.3 Å². The molecule has 21 heavy (non-hydrogen) atoms. The fourth-order valence-electron chi connectivity index (χ4n) is 2.58. The molecule has 0 bridgehead atoms. The molecule has 0 saturated carbocycles. The predicted molar refractivity (Wildman–Crippen MR) is 81.2 cm³/mol. The largest absolute Gasteiger partial charge is 0.492 e. The quantitative estimate of drug-likeness (QED) is 0.747. The van der Waals surface area contributed by atoms with Crippen LogP contribution < -0.4 is 10.1 Å². The summed E-state index contributed by atoms with van der Waals surface area (Å²) in [5, 5.41) is 21.4. The minimum Gasteiger partial charge on any atom is -0.492 e. The minimum atomic E-state index is 0.170. The first-order valence-corrected chi connectivity index (χ1v) is 7.51. The number of ether oxygens (including phenoxy) is 1. The van der Waals surface area contributed by atoms with Crippen LogP contribution in [0.25, 0.3) is 0 Å². The summed E-state index contributed by atoms with van der Waals surface area (Å²) in [7, 11) is 0. The number of aliphatic hydroxyl groups is 1. The molecular weight excluding hydrogens is 266 g/mol. The van der Waals surface area contributed by atoms with E-state index in [0.717, 1.165) is 25.4 Å². The van der Waals surface area contributed by atoms with Gasteiger partial charge in [0.25, 0.3) is 0 Å². The highest BCUT2D eigenvalue weighted by Crippen LogP contribution is 2.12. The summed E-state index contributed by atoms with van der Waals surface area (Å²) in [6.07, 6.45) is 2.44. The van der Waals surface area contributed by atoms with Crippen molar-refractivity contribution < 1.29 is 9.84 Å². The van der Waals surface area contributed by atoms with Crippen molar-refractivity contribution in [2.24, 2.45) is 0 Å². The number of nitrogens with one attached hydrogen (secondary N) is 1. The van der Waals surface area contributed by atoms with E-state index in [9.17, 15) is 0 Å². The Morgan fingerprint density at radius 1 is 1.33 bits per heavy atom. The standard InChI is InChI=1S/C16H23N3O2/c17-12-14-3-5-16(6-4-14)21-11-9-19(8-10-20)13-15-2-1-7-18-15/h3-6,15,18,20H,1-2,7-11,13H2. The topological polar surface area (TPSA) is 68.5 Å². The van der Waals surface area contributed by atoms with Crippen molar-refractivity contribution in [3.8, 4) is 11.8 Å². The van der Waals surface area contributed by atoms with Gasteiger partial charge in [-0.3, -0.25) is 4.90 Å². The lowest BCUT2D eigenvalue weighted by atomic mass is 10.2. The molecular formula is C16H23N3O2. The number of rotatable bonds is 8. The van der Waals surface area contributed by atoms with E-state index in [1.165, 1.54) is 12.8 Å². The van der Waals surface area contributed by atoms with E-state index in [0.29, 0.717) is 24.8 Å². The van der Waals surface area contributed by atoms with Crippen molar-refractivity contribution in [3.05, 3.63) is 29.8 Å². The molecule has 1 unspecified atom stereocenters. The summed E-state index contributed by atoms with van der Waals surface area (Å²) in [5.41, 5.74) is 0.636. The first-order chi connectivity index (χ1) is 10.3. The summed E-state index contributed by atoms with van der Waals surface area (Å²) < 4.78 is 5.69. The van der Waals surface area contributed by atoms with Gasteiger partial charge in [-0.1, -0.05) is 0 Å². The van der Waals surface area contributed by atoms with Gasteiger partial charge in [0.1, 0.15) is 12.4 Å². The van der Waals surface area contributed by atoms with Crippen molar-refractivity contribution in [1.29, 1.82) is 5.26 Å². The lowest BCUT2D eigenvalue weighted by molar-refractivity contribution is 0.159. The van der Waals surface area contributed by atoms with Gasteiger partial charge in [-0.2, -0.15) is 5.26 Å². The van der Waals surface area contributed by atoms with Crippen LogP contribution in [0.3, 0.4) is 0 Å². The van der Waals surface area contributed by atoms with Gasteiger partial charge >= 0.3 is 0 Å². The van der Waals surface area contributed by atoms with Crippen molar-refractivity contribution in [3.63, 3.8) is 0 Å². The molecule has 2 rings (SSSR count). The second-order valence-corrected chi connectivity index (χ2v) is 5.30. The Kier molecular flexibility index (Phi) is 6.48. The van der Waals surface area contributed by atoms with Gasteiger partial charge in [-0.25, -0.2) is 0 Å². The molecule has 0 amide bonds. The van der Waals surface area contributed by atoms with Crippen LogP contribution in [0, 0.1) is 11.3 Å². The van der Waals surface area contributed by atoms with Crippen LogP contribution in [0.4, 0.5) is 0 Å². The molecule has 1 aliphatic heterocycles. The molecule has 1 aliphatic rings. The molecule has 0 aliphatic carbocycles. The molecule has 1 atom stereocenters. The molecule has 1 fully saturated rings. The molecule has 5 heteroatoms. The molecule has 5 nitrogen and oxygen atoms in total. The zero-order valence-electron chi connectivity index (χ0n) is 12.3. The van der Waals surface area contributed by atoms with Gasteiger partial charge in [-0.05, 0) is 43.7 Å². The smallest absolute Gasteiger partial charge is 0.119 e. The second-order valence-electron chi connectivity index (χ2n) is 5.30. The summed E-state index contributed by atoms with van der Waals surface area (Å²) in [6, 6.07) is 9.75. The third-order valence-corrected chi connectivity index (χ3v) is 3.72. The number of nitrogens with zero attached hydrogens (tertiary/aromatic N) is 2. The maximum absolute atomic E-state index is 9.15. The maximum atomic E-state index is 9.15. The van der Waals surface area contributed by atoms with Crippen LogP contribution >= 0.6 is 0 Å². The normalized spacial score (nSPS) is 17.9. The number of hydrogen-bond acceptors (Lipinski definition) is 5. The van der Waals surface area contributed by atoms with Crippen molar-refractivity contribution in [1.82, 2.24) is 10.2 Å². The lowest BCUT2D eigenvalue weighted by Gasteiger charge is -2.24. The Balaban J connectivity index is 1.73. The molecule has 114 valence electrons. The number of aliphatic hydroxyl groups excluding tert-OH is 1. The average molecular weight is 289 g/mol. The highest BCUT2D eigenvalue weighted by molar-refractivity contribution is 5.34. The highest BCUT2D eigenvalue weighted by atomic mass is 16.5. The molecule has 1 heterocycles. The molecule has 1 aromatic carbocycles. The van der Waals surface area contributed by atoms with Crippen molar-refractivity contribution >= 4 is 0 Å². The maximum Gasteiger partial charge on any atom is 0.119 e. The van der Waals surface area contributed by atoms with Gasteiger partial charge in [0, 0.05) is 25.7 Å². The van der Waals surface area contributed by atoms with Crippen LogP contribution in [0.1, 0.15) is 18.4 Å².